The number of rotatable bonds is 3. The molecule has 4 heterocycles. The standard InChI is InChI=1S/C17H18N4O3/c1-10(22)17-20-14-8-19-13-5-7-23-16(13)15(14)21(17)11-2-3-12(4-6-18)24-9-11/h5,7-8,10-12,22H,2-4,9H2,1H3/t10-,11+,12-/m1/s1. The lowest BCUT2D eigenvalue weighted by Crippen LogP contribution is -2.29. The van der Waals surface area contributed by atoms with Crippen molar-refractivity contribution in [1.29, 1.82) is 5.26 Å². The molecule has 1 saturated heterocycles. The first-order valence-electron chi connectivity index (χ1n) is 8.09. The van der Waals surface area contributed by atoms with Crippen molar-refractivity contribution in [1.82, 2.24) is 14.5 Å². The number of aliphatic hydroxyl groups excluding tert-OH is 1. The molecule has 3 atom stereocenters. The van der Waals surface area contributed by atoms with Crippen LogP contribution in [0.1, 0.15) is 44.2 Å². The van der Waals surface area contributed by atoms with Crippen molar-refractivity contribution in [2.24, 2.45) is 0 Å². The van der Waals surface area contributed by atoms with Crippen LogP contribution in [0, 0.1) is 11.3 Å². The second-order valence-corrected chi connectivity index (χ2v) is 6.19. The average Bonchev–Trinajstić information content (AvgIpc) is 3.19. The predicted molar refractivity (Wildman–Crippen MR) is 86.2 cm³/mol. The molecule has 3 aromatic rings. The van der Waals surface area contributed by atoms with Crippen LogP contribution in [0.2, 0.25) is 0 Å². The van der Waals surface area contributed by atoms with Gasteiger partial charge in [-0.05, 0) is 19.8 Å². The monoisotopic (exact) mass is 326 g/mol. The molecular formula is C17H18N4O3. The molecule has 0 spiro atoms. The normalized spacial score (nSPS) is 22.7. The Kier molecular flexibility index (Phi) is 3.71. The van der Waals surface area contributed by atoms with Crippen molar-refractivity contribution in [3.05, 3.63) is 24.4 Å². The van der Waals surface area contributed by atoms with Crippen molar-refractivity contribution >= 4 is 22.1 Å². The summed E-state index contributed by atoms with van der Waals surface area (Å²) in [7, 11) is 0. The Morgan fingerprint density at radius 2 is 2.33 bits per heavy atom. The molecular weight excluding hydrogens is 308 g/mol. The molecule has 124 valence electrons. The summed E-state index contributed by atoms with van der Waals surface area (Å²) in [5.74, 6) is 0.586. The van der Waals surface area contributed by atoms with Gasteiger partial charge in [-0.1, -0.05) is 0 Å². The van der Waals surface area contributed by atoms with Crippen LogP contribution in [0.5, 0.6) is 0 Å². The number of imidazole rings is 1. The molecule has 0 aliphatic carbocycles. The number of aromatic nitrogens is 3. The molecule has 4 rings (SSSR count). The molecule has 1 N–H and O–H groups in total. The molecule has 0 amide bonds. The highest BCUT2D eigenvalue weighted by molar-refractivity contribution is 5.98. The van der Waals surface area contributed by atoms with Gasteiger partial charge in [0.25, 0.3) is 0 Å². The maximum Gasteiger partial charge on any atom is 0.178 e. The van der Waals surface area contributed by atoms with Crippen LogP contribution in [0.3, 0.4) is 0 Å². The average molecular weight is 326 g/mol. The summed E-state index contributed by atoms with van der Waals surface area (Å²) in [5, 5.41) is 19.0. The van der Waals surface area contributed by atoms with Gasteiger partial charge in [-0.2, -0.15) is 5.26 Å². The third-order valence-corrected chi connectivity index (χ3v) is 4.55. The molecule has 24 heavy (non-hydrogen) atoms. The minimum atomic E-state index is -0.709. The Hall–Kier alpha value is -2.43. The molecule has 1 fully saturated rings. The van der Waals surface area contributed by atoms with Gasteiger partial charge in [0.15, 0.2) is 5.58 Å². The van der Waals surface area contributed by atoms with Crippen molar-refractivity contribution in [3.8, 4) is 6.07 Å². The highest BCUT2D eigenvalue weighted by atomic mass is 16.5. The van der Waals surface area contributed by atoms with E-state index in [0.29, 0.717) is 30.0 Å². The molecule has 3 aromatic heterocycles. The molecule has 0 unspecified atom stereocenters. The predicted octanol–water partition coefficient (Wildman–Crippen LogP) is 2.86. The van der Waals surface area contributed by atoms with E-state index >= 15 is 0 Å². The van der Waals surface area contributed by atoms with Crippen LogP contribution in [-0.2, 0) is 4.74 Å². The number of nitrogens with zero attached hydrogens (tertiary/aromatic N) is 4. The Balaban J connectivity index is 1.82. The number of furan rings is 1. The number of nitriles is 1. The van der Waals surface area contributed by atoms with E-state index in [2.05, 4.69) is 16.0 Å². The van der Waals surface area contributed by atoms with Gasteiger partial charge in [-0.3, -0.25) is 4.98 Å². The van der Waals surface area contributed by atoms with Crippen LogP contribution >= 0.6 is 0 Å². The number of aliphatic hydroxyl groups is 1. The SMILES string of the molecule is C[C@@H](O)c1nc2cnc3ccoc3c2n1[C@H]1CC[C@H](CC#N)OC1. The maximum atomic E-state index is 10.2. The lowest BCUT2D eigenvalue weighted by molar-refractivity contribution is -0.00951. The Morgan fingerprint density at radius 1 is 1.46 bits per heavy atom. The van der Waals surface area contributed by atoms with Crippen LogP contribution in [0.25, 0.3) is 22.1 Å². The maximum absolute atomic E-state index is 10.2. The van der Waals surface area contributed by atoms with E-state index in [0.717, 1.165) is 23.9 Å². The zero-order chi connectivity index (χ0) is 16.7. The van der Waals surface area contributed by atoms with Gasteiger partial charge in [0.1, 0.15) is 28.5 Å². The van der Waals surface area contributed by atoms with Gasteiger partial charge >= 0.3 is 0 Å². The van der Waals surface area contributed by atoms with Gasteiger partial charge in [0.2, 0.25) is 0 Å². The van der Waals surface area contributed by atoms with Crippen molar-refractivity contribution in [3.63, 3.8) is 0 Å². The van der Waals surface area contributed by atoms with Crippen molar-refractivity contribution in [2.45, 2.75) is 44.4 Å². The summed E-state index contributed by atoms with van der Waals surface area (Å²) in [5.41, 5.74) is 2.98. The molecule has 0 aromatic carbocycles. The topological polar surface area (TPSA) is 97.1 Å². The van der Waals surface area contributed by atoms with Gasteiger partial charge in [-0.15, -0.1) is 0 Å². The lowest BCUT2D eigenvalue weighted by Gasteiger charge is -2.30. The number of ether oxygens (including phenoxy) is 1. The molecule has 0 bridgehead atoms. The first kappa shape index (κ1) is 15.1. The van der Waals surface area contributed by atoms with Gasteiger partial charge in [-0.25, -0.2) is 4.98 Å². The molecule has 7 heteroatoms. The van der Waals surface area contributed by atoms with E-state index in [1.807, 2.05) is 10.6 Å². The summed E-state index contributed by atoms with van der Waals surface area (Å²) >= 11 is 0. The Morgan fingerprint density at radius 3 is 3.04 bits per heavy atom. The smallest absolute Gasteiger partial charge is 0.178 e. The molecule has 1 aliphatic rings. The third-order valence-electron chi connectivity index (χ3n) is 4.55. The fraction of sp³-hybridized carbons (Fsp3) is 0.471. The molecule has 0 radical (unpaired) electrons. The van der Waals surface area contributed by atoms with Crippen LogP contribution in [0.4, 0.5) is 0 Å². The fourth-order valence-corrected chi connectivity index (χ4v) is 3.42. The van der Waals surface area contributed by atoms with E-state index in [1.54, 1.807) is 19.4 Å². The zero-order valence-corrected chi connectivity index (χ0v) is 13.3. The van der Waals surface area contributed by atoms with E-state index in [4.69, 9.17) is 14.4 Å². The Labute approximate surface area is 138 Å². The summed E-state index contributed by atoms with van der Waals surface area (Å²) in [6.45, 7) is 2.19. The molecule has 1 aliphatic heterocycles. The van der Waals surface area contributed by atoms with E-state index in [-0.39, 0.29) is 12.1 Å². The van der Waals surface area contributed by atoms with Crippen LogP contribution in [0.15, 0.2) is 22.9 Å². The van der Waals surface area contributed by atoms with Gasteiger partial charge < -0.3 is 18.8 Å². The van der Waals surface area contributed by atoms with E-state index in [1.165, 1.54) is 0 Å². The summed E-state index contributed by atoms with van der Waals surface area (Å²) in [4.78, 5) is 8.90. The van der Waals surface area contributed by atoms with Crippen LogP contribution in [-0.4, -0.2) is 32.4 Å². The largest absolute Gasteiger partial charge is 0.460 e. The van der Waals surface area contributed by atoms with Crippen molar-refractivity contribution in [2.75, 3.05) is 6.61 Å². The van der Waals surface area contributed by atoms with Gasteiger partial charge in [0.05, 0.1) is 43.7 Å². The second kappa shape index (κ2) is 5.89. The van der Waals surface area contributed by atoms with Crippen LogP contribution < -0.4 is 0 Å². The summed E-state index contributed by atoms with van der Waals surface area (Å²) in [6, 6.07) is 4.02. The fourth-order valence-electron chi connectivity index (χ4n) is 3.42. The van der Waals surface area contributed by atoms with Crippen molar-refractivity contribution < 1.29 is 14.3 Å². The van der Waals surface area contributed by atoms with E-state index < -0.39 is 6.10 Å². The highest BCUT2D eigenvalue weighted by Gasteiger charge is 2.29. The van der Waals surface area contributed by atoms with E-state index in [9.17, 15) is 5.11 Å². The third kappa shape index (κ3) is 2.35. The molecule has 0 saturated carbocycles. The van der Waals surface area contributed by atoms with Gasteiger partial charge in [0, 0.05) is 6.07 Å². The number of fused-ring (bicyclic) bond motifs is 3. The minimum absolute atomic E-state index is 0.0127. The minimum Gasteiger partial charge on any atom is -0.460 e. The molecule has 7 nitrogen and oxygen atoms in total. The lowest BCUT2D eigenvalue weighted by atomic mass is 10.0. The first-order chi connectivity index (χ1) is 11.7. The number of pyridine rings is 1. The highest BCUT2D eigenvalue weighted by Crippen LogP contribution is 2.34. The summed E-state index contributed by atoms with van der Waals surface area (Å²) < 4.78 is 13.5. The quantitative estimate of drug-likeness (QED) is 0.795. The number of hydrogen-bond donors (Lipinski definition) is 1. The Bertz CT molecular complexity index is 913. The zero-order valence-electron chi connectivity index (χ0n) is 13.3. The first-order valence-corrected chi connectivity index (χ1v) is 8.09. The second-order valence-electron chi connectivity index (χ2n) is 6.19. The summed E-state index contributed by atoms with van der Waals surface area (Å²) in [6.07, 6.45) is 4.67. The number of hydrogen-bond acceptors (Lipinski definition) is 6.